The quantitative estimate of drug-likeness (QED) is 0.805. The highest BCUT2D eigenvalue weighted by Crippen LogP contribution is 2.32. The molecular weight excluding hydrogens is 270 g/mol. The molecule has 2 heterocycles. The summed E-state index contributed by atoms with van der Waals surface area (Å²) in [6.45, 7) is 5.69. The lowest BCUT2D eigenvalue weighted by molar-refractivity contribution is 0.174. The number of aryl methyl sites for hydroxylation is 2. The van der Waals surface area contributed by atoms with Crippen molar-refractivity contribution in [3.8, 4) is 11.3 Å². The van der Waals surface area contributed by atoms with Gasteiger partial charge in [-0.1, -0.05) is 12.1 Å². The number of nitrogens with zero attached hydrogens (tertiary/aromatic N) is 1. The number of benzene rings is 1. The summed E-state index contributed by atoms with van der Waals surface area (Å²) in [5.74, 6) is 1.98. The third-order valence-corrected chi connectivity index (χ3v) is 5.51. The molecule has 2 atom stereocenters. The lowest BCUT2D eigenvalue weighted by Gasteiger charge is -2.35. The first-order valence-electron chi connectivity index (χ1n) is 8.65. The van der Waals surface area contributed by atoms with Gasteiger partial charge in [0.05, 0.1) is 0 Å². The molecule has 0 bridgehead atoms. The van der Waals surface area contributed by atoms with Crippen molar-refractivity contribution >= 4 is 0 Å². The van der Waals surface area contributed by atoms with E-state index >= 15 is 0 Å². The van der Waals surface area contributed by atoms with E-state index in [0.717, 1.165) is 23.6 Å². The molecular formula is C20H25NO. The Labute approximate surface area is 133 Å². The van der Waals surface area contributed by atoms with Gasteiger partial charge in [-0.3, -0.25) is 4.90 Å². The van der Waals surface area contributed by atoms with Gasteiger partial charge in [0.15, 0.2) is 0 Å². The van der Waals surface area contributed by atoms with E-state index in [0.29, 0.717) is 0 Å². The Hall–Kier alpha value is -1.54. The Morgan fingerprint density at radius 2 is 2.00 bits per heavy atom. The van der Waals surface area contributed by atoms with Crippen molar-refractivity contribution in [3.63, 3.8) is 0 Å². The summed E-state index contributed by atoms with van der Waals surface area (Å²) >= 11 is 0. The molecule has 4 rings (SSSR count). The van der Waals surface area contributed by atoms with Gasteiger partial charge in [0.25, 0.3) is 0 Å². The summed E-state index contributed by atoms with van der Waals surface area (Å²) in [5.41, 5.74) is 4.29. The smallest absolute Gasteiger partial charge is 0.134 e. The molecule has 2 unspecified atom stereocenters. The van der Waals surface area contributed by atoms with E-state index in [1.165, 1.54) is 49.8 Å². The number of likely N-dealkylation sites (tertiary alicyclic amines) is 1. The molecule has 0 spiro atoms. The first-order chi connectivity index (χ1) is 10.7. The summed E-state index contributed by atoms with van der Waals surface area (Å²) in [6.07, 6.45) is 6.48. The average Bonchev–Trinajstić information content (AvgIpc) is 3.15. The van der Waals surface area contributed by atoms with Crippen molar-refractivity contribution in [1.82, 2.24) is 4.90 Å². The van der Waals surface area contributed by atoms with Crippen LogP contribution in [0.15, 0.2) is 34.7 Å². The first kappa shape index (κ1) is 14.1. The molecule has 116 valence electrons. The predicted molar refractivity (Wildman–Crippen MR) is 90.1 cm³/mol. The maximum Gasteiger partial charge on any atom is 0.134 e. The minimum Gasteiger partial charge on any atom is -0.461 e. The minimum absolute atomic E-state index is 0.752. The standard InChI is InChI=1S/C20H25NO/c1-14-4-3-11-21(14)19-9-8-16-12-18(7-6-17(16)13-19)20-10-5-15(2)22-20/h5-7,10,12,14,19H,3-4,8-9,11,13H2,1-2H3. The van der Waals surface area contributed by atoms with Gasteiger partial charge >= 0.3 is 0 Å². The van der Waals surface area contributed by atoms with Crippen LogP contribution in [0.1, 0.15) is 43.1 Å². The van der Waals surface area contributed by atoms with Crippen molar-refractivity contribution in [3.05, 3.63) is 47.2 Å². The largest absolute Gasteiger partial charge is 0.461 e. The lowest BCUT2D eigenvalue weighted by Crippen LogP contribution is -2.41. The highest BCUT2D eigenvalue weighted by Gasteiger charge is 2.30. The number of hydrogen-bond acceptors (Lipinski definition) is 2. The second kappa shape index (κ2) is 5.58. The van der Waals surface area contributed by atoms with E-state index in [1.807, 2.05) is 13.0 Å². The van der Waals surface area contributed by atoms with E-state index < -0.39 is 0 Å². The molecule has 1 aromatic heterocycles. The van der Waals surface area contributed by atoms with E-state index in [-0.39, 0.29) is 0 Å². The van der Waals surface area contributed by atoms with Crippen LogP contribution in [0.5, 0.6) is 0 Å². The Bertz CT molecular complexity index is 672. The van der Waals surface area contributed by atoms with Crippen LogP contribution in [0.4, 0.5) is 0 Å². The van der Waals surface area contributed by atoms with Crippen LogP contribution < -0.4 is 0 Å². The van der Waals surface area contributed by atoms with Gasteiger partial charge in [-0.15, -0.1) is 0 Å². The fourth-order valence-corrected chi connectivity index (χ4v) is 4.26. The zero-order valence-electron chi connectivity index (χ0n) is 13.6. The molecule has 1 fully saturated rings. The predicted octanol–water partition coefficient (Wildman–Crippen LogP) is 4.60. The lowest BCUT2D eigenvalue weighted by atomic mass is 9.86. The van der Waals surface area contributed by atoms with Crippen LogP contribution in [0, 0.1) is 6.92 Å². The van der Waals surface area contributed by atoms with E-state index in [9.17, 15) is 0 Å². The number of furan rings is 1. The van der Waals surface area contributed by atoms with Crippen LogP contribution in [0.2, 0.25) is 0 Å². The Balaban J connectivity index is 1.56. The molecule has 2 aromatic rings. The molecule has 22 heavy (non-hydrogen) atoms. The summed E-state index contributed by atoms with van der Waals surface area (Å²) in [6, 6.07) is 12.5. The molecule has 1 aromatic carbocycles. The van der Waals surface area contributed by atoms with Gasteiger partial charge in [-0.05, 0) is 81.8 Å². The monoisotopic (exact) mass is 295 g/mol. The maximum absolute atomic E-state index is 5.77. The minimum atomic E-state index is 0.752. The molecule has 1 aliphatic carbocycles. The maximum atomic E-state index is 5.77. The van der Waals surface area contributed by atoms with Crippen molar-refractivity contribution in [2.24, 2.45) is 0 Å². The highest BCUT2D eigenvalue weighted by atomic mass is 16.3. The molecule has 2 aliphatic rings. The molecule has 1 saturated heterocycles. The average molecular weight is 295 g/mol. The summed E-state index contributed by atoms with van der Waals surface area (Å²) in [5, 5.41) is 0. The van der Waals surface area contributed by atoms with Crippen LogP contribution in [-0.2, 0) is 12.8 Å². The SMILES string of the molecule is Cc1ccc(-c2ccc3c(c2)CCC(N2CCCC2C)C3)o1. The van der Waals surface area contributed by atoms with Crippen LogP contribution in [0.25, 0.3) is 11.3 Å². The fraction of sp³-hybridized carbons (Fsp3) is 0.500. The normalized spacial score (nSPS) is 25.4. The third-order valence-electron chi connectivity index (χ3n) is 5.51. The first-order valence-corrected chi connectivity index (χ1v) is 8.65. The van der Waals surface area contributed by atoms with Gasteiger partial charge < -0.3 is 4.42 Å². The van der Waals surface area contributed by atoms with Gasteiger partial charge in [0.1, 0.15) is 11.5 Å². The van der Waals surface area contributed by atoms with E-state index in [2.05, 4.69) is 36.1 Å². The summed E-state index contributed by atoms with van der Waals surface area (Å²) in [7, 11) is 0. The van der Waals surface area contributed by atoms with Crippen LogP contribution in [0.3, 0.4) is 0 Å². The van der Waals surface area contributed by atoms with Gasteiger partial charge in [0, 0.05) is 17.6 Å². The molecule has 2 heteroatoms. The molecule has 2 nitrogen and oxygen atoms in total. The van der Waals surface area contributed by atoms with Crippen LogP contribution >= 0.6 is 0 Å². The zero-order chi connectivity index (χ0) is 15.1. The second-order valence-electron chi connectivity index (χ2n) is 7.02. The Kier molecular flexibility index (Phi) is 3.57. The third kappa shape index (κ3) is 2.50. The molecule has 1 aliphatic heterocycles. The van der Waals surface area contributed by atoms with Gasteiger partial charge in [-0.25, -0.2) is 0 Å². The Morgan fingerprint density at radius 1 is 1.09 bits per heavy atom. The van der Waals surface area contributed by atoms with Crippen molar-refractivity contribution in [2.75, 3.05) is 6.54 Å². The fourth-order valence-electron chi connectivity index (χ4n) is 4.26. The van der Waals surface area contributed by atoms with Crippen molar-refractivity contribution in [1.29, 1.82) is 0 Å². The summed E-state index contributed by atoms with van der Waals surface area (Å²) in [4.78, 5) is 2.74. The van der Waals surface area contributed by atoms with Crippen molar-refractivity contribution in [2.45, 2.75) is 58.0 Å². The zero-order valence-corrected chi connectivity index (χ0v) is 13.6. The van der Waals surface area contributed by atoms with Gasteiger partial charge in [0.2, 0.25) is 0 Å². The number of hydrogen-bond donors (Lipinski definition) is 0. The number of rotatable bonds is 2. The second-order valence-corrected chi connectivity index (χ2v) is 7.02. The van der Waals surface area contributed by atoms with Gasteiger partial charge in [-0.2, -0.15) is 0 Å². The van der Waals surface area contributed by atoms with Crippen molar-refractivity contribution < 1.29 is 4.42 Å². The topological polar surface area (TPSA) is 16.4 Å². The molecule has 0 radical (unpaired) electrons. The summed E-state index contributed by atoms with van der Waals surface area (Å²) < 4.78 is 5.77. The molecule has 0 saturated carbocycles. The number of fused-ring (bicyclic) bond motifs is 1. The molecule has 0 amide bonds. The molecule has 0 N–H and O–H groups in total. The Morgan fingerprint density at radius 3 is 2.73 bits per heavy atom. The van der Waals surface area contributed by atoms with E-state index in [1.54, 1.807) is 5.56 Å². The highest BCUT2D eigenvalue weighted by molar-refractivity contribution is 5.60. The van der Waals surface area contributed by atoms with E-state index in [4.69, 9.17) is 4.42 Å². The van der Waals surface area contributed by atoms with Crippen LogP contribution in [-0.4, -0.2) is 23.5 Å².